The lowest BCUT2D eigenvalue weighted by molar-refractivity contribution is -0.138. The van der Waals surface area contributed by atoms with Crippen molar-refractivity contribution < 1.29 is 24.1 Å². The number of piperidine rings is 2. The van der Waals surface area contributed by atoms with E-state index in [2.05, 4.69) is 17.1 Å². The van der Waals surface area contributed by atoms with Crippen molar-refractivity contribution >= 4 is 11.7 Å². The third-order valence-corrected chi connectivity index (χ3v) is 7.26. The Morgan fingerprint density at radius 3 is 2.83 bits per heavy atom. The fraction of sp³-hybridized carbons (Fsp3) is 0.609. The molecule has 2 saturated heterocycles. The van der Waals surface area contributed by atoms with Crippen molar-refractivity contribution in [3.05, 3.63) is 35.6 Å². The minimum Gasteiger partial charge on any atom is -0.504 e. The highest BCUT2D eigenvalue weighted by Gasteiger charge is 2.57. The first-order valence-electron chi connectivity index (χ1n) is 10.7. The van der Waals surface area contributed by atoms with Crippen molar-refractivity contribution in [2.24, 2.45) is 11.8 Å². The maximum absolute atomic E-state index is 12.5. The zero-order valence-corrected chi connectivity index (χ0v) is 18.2. The van der Waals surface area contributed by atoms with Gasteiger partial charge in [0.25, 0.3) is 0 Å². The second-order valence-electron chi connectivity index (χ2n) is 8.55. The lowest BCUT2D eigenvalue weighted by Crippen LogP contribution is -2.64. The number of aliphatic hydroxyl groups is 1. The summed E-state index contributed by atoms with van der Waals surface area (Å²) in [6.07, 6.45) is 3.89. The molecular weight excluding hydrogens is 384 g/mol. The standard InChI is InChI=1S/C23H32N2O5/c1-5-14-12-25-10-9-23(27)20-17(7-6-8-19(20)29-3)24-21(23)18(25)11-15(14)16(13-28-2)22(26)30-4/h6-8,13-15,18,21,24,27H,5,9-12H2,1-4H3/b16-13+/t14-,15+,18+,21?,23+/m1/s1. The first-order valence-corrected chi connectivity index (χ1v) is 10.7. The molecule has 0 radical (unpaired) electrons. The van der Waals surface area contributed by atoms with E-state index < -0.39 is 5.60 Å². The third-order valence-electron chi connectivity index (χ3n) is 7.26. The number of rotatable bonds is 5. The van der Waals surface area contributed by atoms with Gasteiger partial charge in [0.05, 0.1) is 44.8 Å². The van der Waals surface area contributed by atoms with Crippen LogP contribution >= 0.6 is 0 Å². The van der Waals surface area contributed by atoms with E-state index in [0.717, 1.165) is 37.2 Å². The van der Waals surface area contributed by atoms with Crippen molar-refractivity contribution in [2.75, 3.05) is 39.7 Å². The SMILES string of the molecule is CC[C@@H]1CN2CC[C@]3(O)c4c(cccc4OC)NC3[C@@H]2C[C@@H]1/C(=C\OC)C(=O)OC. The molecule has 2 N–H and O–H groups in total. The Morgan fingerprint density at radius 2 is 2.17 bits per heavy atom. The quantitative estimate of drug-likeness (QED) is 0.434. The van der Waals surface area contributed by atoms with Crippen molar-refractivity contribution in [1.82, 2.24) is 4.90 Å². The van der Waals surface area contributed by atoms with Crippen molar-refractivity contribution in [2.45, 2.75) is 43.9 Å². The lowest BCUT2D eigenvalue weighted by atomic mass is 9.69. The zero-order chi connectivity index (χ0) is 21.5. The van der Waals surface area contributed by atoms with Gasteiger partial charge in [-0.05, 0) is 36.8 Å². The van der Waals surface area contributed by atoms with Gasteiger partial charge in [-0.15, -0.1) is 0 Å². The van der Waals surface area contributed by atoms with Gasteiger partial charge in [0.2, 0.25) is 0 Å². The van der Waals surface area contributed by atoms with Gasteiger partial charge in [-0.25, -0.2) is 4.79 Å². The van der Waals surface area contributed by atoms with Gasteiger partial charge in [-0.2, -0.15) is 0 Å². The lowest BCUT2D eigenvalue weighted by Gasteiger charge is -2.53. The van der Waals surface area contributed by atoms with Gasteiger partial charge in [0.15, 0.2) is 0 Å². The Morgan fingerprint density at radius 1 is 1.37 bits per heavy atom. The Balaban J connectivity index is 1.69. The summed E-state index contributed by atoms with van der Waals surface area (Å²) in [7, 11) is 4.60. The van der Waals surface area contributed by atoms with Crippen LogP contribution in [0.5, 0.6) is 5.75 Å². The van der Waals surface area contributed by atoms with E-state index in [9.17, 15) is 9.90 Å². The average molecular weight is 417 g/mol. The predicted octanol–water partition coefficient (Wildman–Crippen LogP) is 2.50. The third kappa shape index (κ3) is 3.15. The second-order valence-corrected chi connectivity index (χ2v) is 8.55. The Labute approximate surface area is 178 Å². The molecule has 0 aromatic heterocycles. The van der Waals surface area contributed by atoms with Gasteiger partial charge in [0.1, 0.15) is 11.4 Å². The molecule has 0 aliphatic carbocycles. The number of carbonyl (C=O) groups excluding carboxylic acids is 1. The molecule has 4 rings (SSSR count). The van der Waals surface area contributed by atoms with Crippen molar-refractivity contribution in [3.8, 4) is 5.75 Å². The summed E-state index contributed by atoms with van der Waals surface area (Å²) in [6, 6.07) is 5.76. The number of benzene rings is 1. The largest absolute Gasteiger partial charge is 0.504 e. The van der Waals surface area contributed by atoms with E-state index >= 15 is 0 Å². The highest BCUT2D eigenvalue weighted by molar-refractivity contribution is 5.88. The molecule has 0 amide bonds. The number of nitrogens with zero attached hydrogens (tertiary/aromatic N) is 1. The van der Waals surface area contributed by atoms with Crippen LogP contribution in [0.2, 0.25) is 0 Å². The van der Waals surface area contributed by atoms with Crippen LogP contribution in [-0.4, -0.2) is 62.5 Å². The minimum atomic E-state index is -0.997. The molecular formula is C23H32N2O5. The smallest absolute Gasteiger partial charge is 0.337 e. The molecule has 3 aliphatic heterocycles. The van der Waals surface area contributed by atoms with Gasteiger partial charge >= 0.3 is 5.97 Å². The highest BCUT2D eigenvalue weighted by Crippen LogP contribution is 2.52. The summed E-state index contributed by atoms with van der Waals surface area (Å²) in [5, 5.41) is 15.4. The molecule has 0 spiro atoms. The summed E-state index contributed by atoms with van der Waals surface area (Å²) < 4.78 is 15.9. The molecule has 30 heavy (non-hydrogen) atoms. The van der Waals surface area contributed by atoms with Crippen LogP contribution in [0.3, 0.4) is 0 Å². The normalized spacial score (nSPS) is 33.0. The predicted molar refractivity (Wildman–Crippen MR) is 113 cm³/mol. The van der Waals surface area contributed by atoms with Crippen LogP contribution in [0.15, 0.2) is 30.0 Å². The Kier molecular flexibility index (Phi) is 5.68. The summed E-state index contributed by atoms with van der Waals surface area (Å²) in [4.78, 5) is 15.0. The minimum absolute atomic E-state index is 0.0124. The number of nitrogens with one attached hydrogen (secondary N) is 1. The fourth-order valence-corrected chi connectivity index (χ4v) is 5.82. The van der Waals surface area contributed by atoms with Gasteiger partial charge in [-0.3, -0.25) is 4.90 Å². The number of hydrogen-bond acceptors (Lipinski definition) is 7. The summed E-state index contributed by atoms with van der Waals surface area (Å²) in [5.74, 6) is 0.709. The molecule has 3 heterocycles. The molecule has 1 unspecified atom stereocenters. The Hall–Kier alpha value is -2.25. The number of carbonyl (C=O) groups is 1. The molecule has 7 heteroatoms. The number of ether oxygens (including phenoxy) is 3. The summed E-state index contributed by atoms with van der Waals surface area (Å²) >= 11 is 0. The van der Waals surface area contributed by atoms with Gasteiger partial charge < -0.3 is 24.6 Å². The first kappa shape index (κ1) is 21.0. The number of anilines is 1. The van der Waals surface area contributed by atoms with E-state index in [1.165, 1.54) is 13.4 Å². The summed E-state index contributed by atoms with van der Waals surface area (Å²) in [6.45, 7) is 3.85. The molecule has 7 nitrogen and oxygen atoms in total. The fourth-order valence-electron chi connectivity index (χ4n) is 5.82. The van der Waals surface area contributed by atoms with Crippen molar-refractivity contribution in [1.29, 1.82) is 0 Å². The van der Waals surface area contributed by atoms with Crippen LogP contribution in [0.1, 0.15) is 31.7 Å². The second kappa shape index (κ2) is 8.12. The van der Waals surface area contributed by atoms with E-state index in [1.54, 1.807) is 14.2 Å². The monoisotopic (exact) mass is 416 g/mol. The topological polar surface area (TPSA) is 80.3 Å². The van der Waals surface area contributed by atoms with E-state index in [4.69, 9.17) is 14.2 Å². The molecule has 2 fully saturated rings. The first-order chi connectivity index (χ1) is 14.5. The molecule has 3 aliphatic rings. The summed E-state index contributed by atoms with van der Waals surface area (Å²) in [5.41, 5.74) is 1.36. The van der Waals surface area contributed by atoms with E-state index in [-0.39, 0.29) is 24.0 Å². The average Bonchev–Trinajstić information content (AvgIpc) is 3.09. The number of methoxy groups -OCH3 is 3. The van der Waals surface area contributed by atoms with E-state index in [0.29, 0.717) is 23.7 Å². The van der Waals surface area contributed by atoms with Crippen LogP contribution in [0.4, 0.5) is 5.69 Å². The maximum Gasteiger partial charge on any atom is 0.337 e. The zero-order valence-electron chi connectivity index (χ0n) is 18.2. The van der Waals surface area contributed by atoms with Crippen LogP contribution < -0.4 is 10.1 Å². The van der Waals surface area contributed by atoms with Gasteiger partial charge in [-0.1, -0.05) is 19.4 Å². The highest BCUT2D eigenvalue weighted by atomic mass is 16.5. The maximum atomic E-state index is 12.5. The Bertz CT molecular complexity index is 841. The van der Waals surface area contributed by atoms with Gasteiger partial charge in [0, 0.05) is 24.8 Å². The van der Waals surface area contributed by atoms with Crippen LogP contribution in [0.25, 0.3) is 0 Å². The van der Waals surface area contributed by atoms with E-state index in [1.807, 2.05) is 18.2 Å². The molecule has 0 saturated carbocycles. The number of fused-ring (bicyclic) bond motifs is 5. The molecule has 5 atom stereocenters. The van der Waals surface area contributed by atoms with Crippen LogP contribution in [0, 0.1) is 11.8 Å². The number of esters is 1. The van der Waals surface area contributed by atoms with Crippen molar-refractivity contribution in [3.63, 3.8) is 0 Å². The van der Waals surface area contributed by atoms with Crippen LogP contribution in [-0.2, 0) is 19.9 Å². The molecule has 164 valence electrons. The molecule has 1 aromatic carbocycles. The molecule has 0 bridgehead atoms. The molecule has 1 aromatic rings. The number of hydrogen-bond donors (Lipinski definition) is 2.